The first-order chi connectivity index (χ1) is 11.0. The van der Waals surface area contributed by atoms with E-state index in [2.05, 4.69) is 0 Å². The Hall–Kier alpha value is -2.19. The Morgan fingerprint density at radius 3 is 2.39 bits per heavy atom. The Bertz CT molecular complexity index is 711. The second kappa shape index (κ2) is 6.13. The van der Waals surface area contributed by atoms with Crippen LogP contribution in [0.3, 0.4) is 0 Å². The summed E-state index contributed by atoms with van der Waals surface area (Å²) >= 11 is 0. The molecule has 7 nitrogen and oxygen atoms in total. The molecule has 1 aliphatic heterocycles. The van der Waals surface area contributed by atoms with E-state index in [1.54, 1.807) is 18.2 Å². The van der Waals surface area contributed by atoms with Crippen LogP contribution < -0.4 is 4.74 Å². The Morgan fingerprint density at radius 2 is 1.65 bits per heavy atom. The topological polar surface area (TPSA) is 116 Å². The van der Waals surface area contributed by atoms with Crippen molar-refractivity contribution in [2.75, 3.05) is 0 Å². The summed E-state index contributed by atoms with van der Waals surface area (Å²) in [5.41, 5.74) is 0. The zero-order valence-electron chi connectivity index (χ0n) is 11.9. The molecule has 0 amide bonds. The van der Waals surface area contributed by atoms with E-state index in [1.807, 2.05) is 24.3 Å². The third kappa shape index (κ3) is 2.87. The zero-order chi connectivity index (χ0) is 16.6. The third-order valence-electron chi connectivity index (χ3n) is 3.81. The summed E-state index contributed by atoms with van der Waals surface area (Å²) in [7, 11) is 0. The van der Waals surface area contributed by atoms with Crippen LogP contribution in [0.4, 0.5) is 0 Å². The number of aliphatic carboxylic acids is 1. The summed E-state index contributed by atoms with van der Waals surface area (Å²) in [6.45, 7) is 0. The highest BCUT2D eigenvalue weighted by Crippen LogP contribution is 2.29. The molecular formula is C16H16O7. The Labute approximate surface area is 131 Å². The molecule has 2 aromatic carbocycles. The number of carboxylic acids is 1. The molecule has 122 valence electrons. The zero-order valence-corrected chi connectivity index (χ0v) is 11.9. The third-order valence-corrected chi connectivity index (χ3v) is 3.81. The summed E-state index contributed by atoms with van der Waals surface area (Å²) in [6, 6.07) is 12.6. The number of ether oxygens (including phenoxy) is 2. The van der Waals surface area contributed by atoms with Crippen LogP contribution in [0.25, 0.3) is 10.8 Å². The molecule has 5 atom stereocenters. The highest BCUT2D eigenvalue weighted by atomic mass is 16.7. The lowest BCUT2D eigenvalue weighted by atomic mass is 9.99. The van der Waals surface area contributed by atoms with Crippen molar-refractivity contribution < 1.29 is 34.7 Å². The number of benzene rings is 2. The molecule has 0 spiro atoms. The van der Waals surface area contributed by atoms with E-state index in [0.29, 0.717) is 5.75 Å². The van der Waals surface area contributed by atoms with Crippen LogP contribution in [-0.4, -0.2) is 57.1 Å². The predicted molar refractivity (Wildman–Crippen MR) is 78.9 cm³/mol. The fourth-order valence-corrected chi connectivity index (χ4v) is 2.57. The molecule has 0 bridgehead atoms. The minimum Gasteiger partial charge on any atom is -0.479 e. The molecule has 0 unspecified atom stereocenters. The first-order valence-electron chi connectivity index (χ1n) is 7.06. The number of carboxylic acid groups (broad SMARTS) is 1. The van der Waals surface area contributed by atoms with Crippen LogP contribution in [0.5, 0.6) is 5.75 Å². The van der Waals surface area contributed by atoms with Gasteiger partial charge in [0.1, 0.15) is 24.1 Å². The first kappa shape index (κ1) is 15.7. The van der Waals surface area contributed by atoms with Gasteiger partial charge in [0.2, 0.25) is 6.29 Å². The van der Waals surface area contributed by atoms with Gasteiger partial charge in [-0.1, -0.05) is 36.4 Å². The highest BCUT2D eigenvalue weighted by molar-refractivity contribution is 5.88. The van der Waals surface area contributed by atoms with Crippen LogP contribution >= 0.6 is 0 Å². The van der Waals surface area contributed by atoms with E-state index < -0.39 is 36.7 Å². The molecule has 1 heterocycles. The summed E-state index contributed by atoms with van der Waals surface area (Å²) < 4.78 is 10.7. The van der Waals surface area contributed by atoms with Crippen molar-refractivity contribution in [3.05, 3.63) is 42.5 Å². The van der Waals surface area contributed by atoms with Crippen molar-refractivity contribution in [2.45, 2.75) is 30.7 Å². The van der Waals surface area contributed by atoms with E-state index in [0.717, 1.165) is 10.8 Å². The molecule has 1 fully saturated rings. The number of hydrogen-bond donors (Lipinski definition) is 4. The molecular weight excluding hydrogens is 304 g/mol. The van der Waals surface area contributed by atoms with E-state index >= 15 is 0 Å². The number of fused-ring (bicyclic) bond motifs is 1. The quantitative estimate of drug-likeness (QED) is 0.634. The maximum atomic E-state index is 11.1. The van der Waals surface area contributed by atoms with Crippen LogP contribution in [0, 0.1) is 0 Å². The average Bonchev–Trinajstić information content (AvgIpc) is 2.55. The van der Waals surface area contributed by atoms with Crippen molar-refractivity contribution in [2.24, 2.45) is 0 Å². The minimum atomic E-state index is -1.74. The number of carbonyl (C=O) groups is 1. The van der Waals surface area contributed by atoms with Gasteiger partial charge in [0, 0.05) is 5.39 Å². The van der Waals surface area contributed by atoms with Crippen molar-refractivity contribution in [1.29, 1.82) is 0 Å². The smallest absolute Gasteiger partial charge is 0.335 e. The monoisotopic (exact) mass is 320 g/mol. The maximum Gasteiger partial charge on any atom is 0.335 e. The first-order valence-corrected chi connectivity index (χ1v) is 7.06. The van der Waals surface area contributed by atoms with Crippen molar-refractivity contribution in [1.82, 2.24) is 0 Å². The van der Waals surface area contributed by atoms with Crippen molar-refractivity contribution in [3.8, 4) is 5.75 Å². The van der Waals surface area contributed by atoms with Crippen molar-refractivity contribution in [3.63, 3.8) is 0 Å². The second-order valence-corrected chi connectivity index (χ2v) is 5.33. The van der Waals surface area contributed by atoms with Crippen molar-refractivity contribution >= 4 is 16.7 Å². The molecule has 7 heteroatoms. The lowest BCUT2D eigenvalue weighted by Gasteiger charge is -2.38. The van der Waals surface area contributed by atoms with Gasteiger partial charge >= 0.3 is 5.97 Å². The number of aliphatic hydroxyl groups is 3. The molecule has 0 aromatic heterocycles. The van der Waals surface area contributed by atoms with Crippen LogP contribution in [0.15, 0.2) is 42.5 Å². The molecule has 1 aliphatic rings. The largest absolute Gasteiger partial charge is 0.479 e. The SMILES string of the molecule is O=C(O)[C@@H]1O[C@@H](Oc2cccc3ccccc23)[C@@H](O)[C@H](O)[C@H]1O. The van der Waals surface area contributed by atoms with Gasteiger partial charge in [0.25, 0.3) is 0 Å². The Morgan fingerprint density at radius 1 is 0.957 bits per heavy atom. The number of hydrogen-bond acceptors (Lipinski definition) is 6. The lowest BCUT2D eigenvalue weighted by molar-refractivity contribution is -0.270. The maximum absolute atomic E-state index is 11.1. The van der Waals surface area contributed by atoms with Crippen LogP contribution in [0.1, 0.15) is 0 Å². The Kier molecular flexibility index (Phi) is 4.18. The van der Waals surface area contributed by atoms with Gasteiger partial charge in [-0.15, -0.1) is 0 Å². The number of rotatable bonds is 3. The molecule has 0 aliphatic carbocycles. The second-order valence-electron chi connectivity index (χ2n) is 5.33. The normalized spacial score (nSPS) is 31.0. The highest BCUT2D eigenvalue weighted by Gasteiger charge is 2.48. The van der Waals surface area contributed by atoms with Gasteiger partial charge in [-0.05, 0) is 11.5 Å². The summed E-state index contributed by atoms with van der Waals surface area (Å²) in [6.07, 6.45) is -8.12. The molecule has 4 N–H and O–H groups in total. The van der Waals surface area contributed by atoms with Gasteiger partial charge < -0.3 is 29.9 Å². The average molecular weight is 320 g/mol. The van der Waals surface area contributed by atoms with Gasteiger partial charge in [-0.25, -0.2) is 4.79 Å². The van der Waals surface area contributed by atoms with Crippen LogP contribution in [-0.2, 0) is 9.53 Å². The van der Waals surface area contributed by atoms with Gasteiger partial charge in [-0.2, -0.15) is 0 Å². The fraction of sp³-hybridized carbons (Fsp3) is 0.312. The molecule has 2 aromatic rings. The molecule has 3 rings (SSSR count). The number of aliphatic hydroxyl groups excluding tert-OH is 3. The molecule has 0 saturated carbocycles. The van der Waals surface area contributed by atoms with Gasteiger partial charge in [-0.3, -0.25) is 0 Å². The van der Waals surface area contributed by atoms with Gasteiger partial charge in [0.15, 0.2) is 6.10 Å². The standard InChI is InChI=1S/C16H16O7/c17-11-12(18)14(15(20)21)23-16(13(11)19)22-10-7-3-5-8-4-1-2-6-9(8)10/h1-7,11-14,16-19H,(H,20,21)/t11-,12-,13+,14-,16-/m1/s1. The van der Waals surface area contributed by atoms with E-state index in [9.17, 15) is 20.1 Å². The van der Waals surface area contributed by atoms with E-state index in [-0.39, 0.29) is 0 Å². The molecule has 0 radical (unpaired) electrons. The molecule has 1 saturated heterocycles. The summed E-state index contributed by atoms with van der Waals surface area (Å²) in [4.78, 5) is 11.1. The lowest BCUT2D eigenvalue weighted by Crippen LogP contribution is -2.61. The predicted octanol–water partition coefficient (Wildman–Crippen LogP) is 0.111. The van der Waals surface area contributed by atoms with E-state index in [4.69, 9.17) is 14.6 Å². The van der Waals surface area contributed by atoms with Gasteiger partial charge in [0.05, 0.1) is 0 Å². The fourth-order valence-electron chi connectivity index (χ4n) is 2.57. The van der Waals surface area contributed by atoms with E-state index in [1.165, 1.54) is 0 Å². The summed E-state index contributed by atoms with van der Waals surface area (Å²) in [5, 5.41) is 40.1. The Balaban J connectivity index is 1.90. The molecule has 23 heavy (non-hydrogen) atoms. The van der Waals surface area contributed by atoms with Crippen LogP contribution in [0.2, 0.25) is 0 Å². The minimum absolute atomic E-state index is 0.375. The summed E-state index contributed by atoms with van der Waals surface area (Å²) in [5.74, 6) is -1.07.